The SMILES string of the molecule is COC(=O)[C@@H]1Cc2cc(OC)c(OC)cc2[C@H](c2ccc(OC)c(OC)c2)[C@@H]1C(=O)O. The number of aliphatic carboxylic acids is 1. The Morgan fingerprint density at radius 1 is 0.839 bits per heavy atom. The van der Waals surface area contributed by atoms with E-state index in [0.29, 0.717) is 28.6 Å². The van der Waals surface area contributed by atoms with Crippen molar-refractivity contribution >= 4 is 11.9 Å². The van der Waals surface area contributed by atoms with Crippen molar-refractivity contribution in [2.45, 2.75) is 12.3 Å². The normalized spacial score (nSPS) is 19.7. The number of esters is 1. The summed E-state index contributed by atoms with van der Waals surface area (Å²) in [6.45, 7) is 0. The molecule has 166 valence electrons. The molecule has 1 aliphatic rings. The van der Waals surface area contributed by atoms with Gasteiger partial charge in [0.2, 0.25) is 0 Å². The maximum atomic E-state index is 12.6. The Morgan fingerprint density at radius 3 is 1.97 bits per heavy atom. The zero-order valence-corrected chi connectivity index (χ0v) is 18.1. The van der Waals surface area contributed by atoms with Crippen LogP contribution in [0, 0.1) is 11.8 Å². The van der Waals surface area contributed by atoms with Crippen LogP contribution in [-0.4, -0.2) is 52.6 Å². The molecule has 3 atom stereocenters. The summed E-state index contributed by atoms with van der Waals surface area (Å²) in [5, 5.41) is 10.1. The van der Waals surface area contributed by atoms with Crippen LogP contribution >= 0.6 is 0 Å². The molecule has 2 aromatic rings. The van der Waals surface area contributed by atoms with E-state index >= 15 is 0 Å². The van der Waals surface area contributed by atoms with E-state index in [4.69, 9.17) is 23.7 Å². The molecule has 0 spiro atoms. The van der Waals surface area contributed by atoms with E-state index in [1.165, 1.54) is 35.5 Å². The third-order valence-corrected chi connectivity index (χ3v) is 5.77. The zero-order chi connectivity index (χ0) is 22.7. The van der Waals surface area contributed by atoms with Gasteiger partial charge in [-0.05, 0) is 47.4 Å². The fraction of sp³-hybridized carbons (Fsp3) is 0.391. The predicted molar refractivity (Wildman–Crippen MR) is 111 cm³/mol. The minimum Gasteiger partial charge on any atom is -0.493 e. The van der Waals surface area contributed by atoms with Gasteiger partial charge >= 0.3 is 11.9 Å². The molecule has 0 saturated heterocycles. The highest BCUT2D eigenvalue weighted by Gasteiger charge is 2.46. The van der Waals surface area contributed by atoms with Gasteiger partial charge in [-0.15, -0.1) is 0 Å². The Bertz CT molecular complexity index is 984. The molecule has 1 aliphatic carbocycles. The standard InChI is InChI=1S/C23H26O8/c1-27-16-7-6-12(9-17(16)28-2)20-14-11-19(30-4)18(29-3)10-13(14)8-15(23(26)31-5)21(20)22(24)25/h6-7,9-11,15,20-21H,8H2,1-5H3,(H,24,25)/t15-,20+,21-/m1/s1. The third kappa shape index (κ3) is 3.97. The maximum Gasteiger partial charge on any atom is 0.309 e. The number of fused-ring (bicyclic) bond motifs is 1. The van der Waals surface area contributed by atoms with E-state index in [0.717, 1.165) is 11.1 Å². The van der Waals surface area contributed by atoms with Gasteiger partial charge in [0.1, 0.15) is 0 Å². The molecule has 8 heteroatoms. The molecule has 0 aromatic heterocycles. The lowest BCUT2D eigenvalue weighted by molar-refractivity contribution is -0.156. The molecular weight excluding hydrogens is 404 g/mol. The number of carboxylic acid groups (broad SMARTS) is 1. The van der Waals surface area contributed by atoms with Crippen LogP contribution in [-0.2, 0) is 20.7 Å². The molecule has 0 amide bonds. The minimum absolute atomic E-state index is 0.211. The lowest BCUT2D eigenvalue weighted by atomic mass is 9.66. The van der Waals surface area contributed by atoms with Crippen LogP contribution in [0.25, 0.3) is 0 Å². The summed E-state index contributed by atoms with van der Waals surface area (Å²) >= 11 is 0. The Labute approximate surface area is 180 Å². The number of benzene rings is 2. The van der Waals surface area contributed by atoms with Crippen LogP contribution in [0.5, 0.6) is 23.0 Å². The molecule has 31 heavy (non-hydrogen) atoms. The number of carbonyl (C=O) groups excluding carboxylic acids is 1. The van der Waals surface area contributed by atoms with Gasteiger partial charge in [-0.1, -0.05) is 6.07 Å². The zero-order valence-electron chi connectivity index (χ0n) is 18.1. The fourth-order valence-electron chi connectivity index (χ4n) is 4.32. The number of hydrogen-bond acceptors (Lipinski definition) is 7. The van der Waals surface area contributed by atoms with Crippen LogP contribution < -0.4 is 18.9 Å². The van der Waals surface area contributed by atoms with Crippen molar-refractivity contribution in [3.63, 3.8) is 0 Å². The Hall–Kier alpha value is -3.42. The van der Waals surface area contributed by atoms with Crippen LogP contribution in [0.3, 0.4) is 0 Å². The van der Waals surface area contributed by atoms with Gasteiger partial charge in [0, 0.05) is 5.92 Å². The summed E-state index contributed by atoms with van der Waals surface area (Å²) in [5.41, 5.74) is 2.22. The fourth-order valence-corrected chi connectivity index (χ4v) is 4.32. The van der Waals surface area contributed by atoms with Crippen LogP contribution in [0.4, 0.5) is 0 Å². The number of hydrogen-bond donors (Lipinski definition) is 1. The first kappa shape index (κ1) is 22.3. The summed E-state index contributed by atoms with van der Waals surface area (Å²) in [7, 11) is 7.34. The second-order valence-corrected chi connectivity index (χ2v) is 7.20. The Balaban J connectivity index is 2.29. The summed E-state index contributed by atoms with van der Waals surface area (Å²) in [6.07, 6.45) is 0.211. The molecule has 0 aliphatic heterocycles. The minimum atomic E-state index is -1.09. The number of methoxy groups -OCH3 is 5. The van der Waals surface area contributed by atoms with Crippen LogP contribution in [0.2, 0.25) is 0 Å². The largest absolute Gasteiger partial charge is 0.493 e. The van der Waals surface area contributed by atoms with Crippen molar-refractivity contribution in [3.05, 3.63) is 47.0 Å². The van der Waals surface area contributed by atoms with Crippen molar-refractivity contribution in [1.29, 1.82) is 0 Å². The Kier molecular flexibility index (Phi) is 6.58. The Morgan fingerprint density at radius 2 is 1.42 bits per heavy atom. The van der Waals surface area contributed by atoms with Gasteiger partial charge in [-0.3, -0.25) is 9.59 Å². The van der Waals surface area contributed by atoms with Crippen molar-refractivity contribution in [2.75, 3.05) is 35.5 Å². The van der Waals surface area contributed by atoms with E-state index < -0.39 is 29.7 Å². The van der Waals surface area contributed by atoms with Crippen molar-refractivity contribution in [2.24, 2.45) is 11.8 Å². The smallest absolute Gasteiger partial charge is 0.309 e. The number of carboxylic acids is 1. The summed E-state index contributed by atoms with van der Waals surface area (Å²) < 4.78 is 26.5. The van der Waals surface area contributed by atoms with Gasteiger partial charge < -0.3 is 28.8 Å². The molecule has 0 unspecified atom stereocenters. The van der Waals surface area contributed by atoms with E-state index in [-0.39, 0.29) is 6.42 Å². The number of ether oxygens (including phenoxy) is 5. The van der Waals surface area contributed by atoms with Gasteiger partial charge in [0.25, 0.3) is 0 Å². The topological polar surface area (TPSA) is 101 Å². The number of carbonyl (C=O) groups is 2. The van der Waals surface area contributed by atoms with Crippen LogP contribution in [0.1, 0.15) is 22.6 Å². The molecule has 0 fully saturated rings. The predicted octanol–water partition coefficient (Wildman–Crippen LogP) is 2.90. The van der Waals surface area contributed by atoms with Crippen molar-refractivity contribution in [1.82, 2.24) is 0 Å². The first-order valence-electron chi connectivity index (χ1n) is 9.67. The van der Waals surface area contributed by atoms with Crippen LogP contribution in [0.15, 0.2) is 30.3 Å². The lowest BCUT2D eigenvalue weighted by Gasteiger charge is -2.37. The van der Waals surface area contributed by atoms with E-state index in [1.54, 1.807) is 30.3 Å². The first-order chi connectivity index (χ1) is 14.9. The molecule has 0 heterocycles. The van der Waals surface area contributed by atoms with E-state index in [1.807, 2.05) is 0 Å². The van der Waals surface area contributed by atoms with E-state index in [9.17, 15) is 14.7 Å². The summed E-state index contributed by atoms with van der Waals surface area (Å²) in [6, 6.07) is 8.80. The van der Waals surface area contributed by atoms with Gasteiger partial charge in [-0.25, -0.2) is 0 Å². The number of rotatable bonds is 7. The van der Waals surface area contributed by atoms with Crippen molar-refractivity contribution < 1.29 is 38.4 Å². The van der Waals surface area contributed by atoms with Crippen molar-refractivity contribution in [3.8, 4) is 23.0 Å². The monoisotopic (exact) mass is 430 g/mol. The molecule has 8 nitrogen and oxygen atoms in total. The third-order valence-electron chi connectivity index (χ3n) is 5.77. The molecule has 1 N–H and O–H groups in total. The average Bonchev–Trinajstić information content (AvgIpc) is 2.80. The molecule has 0 saturated carbocycles. The van der Waals surface area contributed by atoms with Gasteiger partial charge in [0.05, 0.1) is 47.4 Å². The second kappa shape index (κ2) is 9.16. The second-order valence-electron chi connectivity index (χ2n) is 7.20. The first-order valence-corrected chi connectivity index (χ1v) is 9.67. The molecule has 0 radical (unpaired) electrons. The van der Waals surface area contributed by atoms with Gasteiger partial charge in [-0.2, -0.15) is 0 Å². The summed E-state index contributed by atoms with van der Waals surface area (Å²) in [5.74, 6) is -2.25. The highest BCUT2D eigenvalue weighted by Crippen LogP contribution is 2.48. The average molecular weight is 430 g/mol. The molecule has 3 rings (SSSR count). The quantitative estimate of drug-likeness (QED) is 0.670. The van der Waals surface area contributed by atoms with E-state index in [2.05, 4.69) is 0 Å². The lowest BCUT2D eigenvalue weighted by Crippen LogP contribution is -2.40. The molecule has 2 aromatic carbocycles. The highest BCUT2D eigenvalue weighted by atomic mass is 16.5. The van der Waals surface area contributed by atoms with Gasteiger partial charge in [0.15, 0.2) is 23.0 Å². The maximum absolute atomic E-state index is 12.6. The summed E-state index contributed by atoms with van der Waals surface area (Å²) in [4.78, 5) is 25.0. The molecular formula is C23H26O8. The molecule has 0 bridgehead atoms. The highest BCUT2D eigenvalue weighted by molar-refractivity contribution is 5.84.